The van der Waals surface area contributed by atoms with Crippen molar-refractivity contribution in [3.05, 3.63) is 0 Å². The van der Waals surface area contributed by atoms with Crippen LogP contribution in [-0.4, -0.2) is 37.9 Å². The Morgan fingerprint density at radius 2 is 1.93 bits per heavy atom. The third-order valence-corrected chi connectivity index (χ3v) is 1.48. The second kappa shape index (κ2) is 6.62. The zero-order valence-corrected chi connectivity index (χ0v) is 9.22. The summed E-state index contributed by atoms with van der Waals surface area (Å²) in [4.78, 5) is 10.2. The molecule has 0 saturated heterocycles. The Balaban J connectivity index is 3.11. The van der Waals surface area contributed by atoms with Crippen molar-refractivity contribution in [3.8, 4) is 0 Å². The molecule has 5 nitrogen and oxygen atoms in total. The fourth-order valence-electron chi connectivity index (χ4n) is 0.875. The number of nitrogens with one attached hydrogen (secondary N) is 2. The molecule has 0 rings (SSSR count). The van der Waals surface area contributed by atoms with Gasteiger partial charge in [0.25, 0.3) is 0 Å². The van der Waals surface area contributed by atoms with E-state index in [-0.39, 0.29) is 5.54 Å². The maximum Gasteiger partial charge on any atom is 0.404 e. The largest absolute Gasteiger partial charge is 0.448 e. The van der Waals surface area contributed by atoms with E-state index < -0.39 is 6.09 Å². The van der Waals surface area contributed by atoms with Crippen molar-refractivity contribution in [2.75, 3.05) is 26.2 Å². The minimum absolute atomic E-state index is 0.144. The number of amides is 1. The van der Waals surface area contributed by atoms with E-state index in [1.807, 2.05) is 0 Å². The predicted octanol–water partition coefficient (Wildman–Crippen LogP) is 0.0594. The summed E-state index contributed by atoms with van der Waals surface area (Å²) in [7, 11) is 0. The summed E-state index contributed by atoms with van der Waals surface area (Å²) in [6.07, 6.45) is -0.723. The molecule has 0 atom stereocenters. The van der Waals surface area contributed by atoms with Crippen molar-refractivity contribution in [1.82, 2.24) is 10.6 Å². The van der Waals surface area contributed by atoms with Crippen LogP contribution in [0.3, 0.4) is 0 Å². The van der Waals surface area contributed by atoms with Gasteiger partial charge in [-0.2, -0.15) is 0 Å². The van der Waals surface area contributed by atoms with Crippen LogP contribution in [0, 0.1) is 0 Å². The van der Waals surface area contributed by atoms with Gasteiger partial charge in [0.15, 0.2) is 0 Å². The first-order valence-electron chi connectivity index (χ1n) is 4.80. The Hall–Kier alpha value is -0.810. The van der Waals surface area contributed by atoms with Crippen LogP contribution >= 0.6 is 0 Å². The SMILES string of the molecule is CC(C)(C)NCCNCCOC(N)=O. The maximum atomic E-state index is 10.2. The van der Waals surface area contributed by atoms with E-state index in [9.17, 15) is 4.79 Å². The fraction of sp³-hybridized carbons (Fsp3) is 0.889. The highest BCUT2D eigenvalue weighted by Gasteiger charge is 2.06. The first-order valence-corrected chi connectivity index (χ1v) is 4.80. The molecule has 84 valence electrons. The Kier molecular flexibility index (Phi) is 6.23. The van der Waals surface area contributed by atoms with Gasteiger partial charge in [-0.1, -0.05) is 0 Å². The molecule has 4 N–H and O–H groups in total. The number of carbonyl (C=O) groups excluding carboxylic acids is 1. The summed E-state index contributed by atoms with van der Waals surface area (Å²) >= 11 is 0. The smallest absolute Gasteiger partial charge is 0.404 e. The van der Waals surface area contributed by atoms with E-state index >= 15 is 0 Å². The molecule has 0 saturated carbocycles. The van der Waals surface area contributed by atoms with Crippen LogP contribution in [-0.2, 0) is 4.74 Å². The van der Waals surface area contributed by atoms with Crippen LogP contribution in [0.25, 0.3) is 0 Å². The van der Waals surface area contributed by atoms with Crippen LogP contribution in [0.1, 0.15) is 20.8 Å². The van der Waals surface area contributed by atoms with Crippen LogP contribution in [0.2, 0.25) is 0 Å². The molecular weight excluding hydrogens is 182 g/mol. The minimum Gasteiger partial charge on any atom is -0.448 e. The number of rotatable bonds is 6. The van der Waals surface area contributed by atoms with Gasteiger partial charge < -0.3 is 21.1 Å². The quantitative estimate of drug-likeness (QED) is 0.533. The second-order valence-electron chi connectivity index (χ2n) is 4.09. The van der Waals surface area contributed by atoms with Crippen LogP contribution in [0.5, 0.6) is 0 Å². The summed E-state index contributed by atoms with van der Waals surface area (Å²) in [6, 6.07) is 0. The van der Waals surface area contributed by atoms with Crippen LogP contribution < -0.4 is 16.4 Å². The number of hydrogen-bond donors (Lipinski definition) is 3. The second-order valence-corrected chi connectivity index (χ2v) is 4.09. The van der Waals surface area contributed by atoms with Crippen LogP contribution in [0.15, 0.2) is 0 Å². The molecule has 0 aromatic carbocycles. The van der Waals surface area contributed by atoms with E-state index in [1.165, 1.54) is 0 Å². The number of ether oxygens (including phenoxy) is 1. The lowest BCUT2D eigenvalue weighted by Gasteiger charge is -2.20. The zero-order valence-electron chi connectivity index (χ0n) is 9.22. The Bertz CT molecular complexity index is 166. The van der Waals surface area contributed by atoms with E-state index in [1.54, 1.807) is 0 Å². The van der Waals surface area contributed by atoms with Crippen molar-refractivity contribution in [2.24, 2.45) is 5.73 Å². The highest BCUT2D eigenvalue weighted by Crippen LogP contribution is 1.96. The normalized spacial score (nSPS) is 11.4. The molecule has 0 heterocycles. The van der Waals surface area contributed by atoms with E-state index in [2.05, 4.69) is 36.1 Å². The highest BCUT2D eigenvalue weighted by atomic mass is 16.5. The van der Waals surface area contributed by atoms with Gasteiger partial charge in [0, 0.05) is 25.2 Å². The van der Waals surface area contributed by atoms with Gasteiger partial charge >= 0.3 is 6.09 Å². The average molecular weight is 203 g/mol. The summed E-state index contributed by atoms with van der Waals surface area (Å²) in [5, 5.41) is 6.44. The standard InChI is InChI=1S/C9H21N3O2/c1-9(2,3)12-5-4-11-6-7-14-8(10)13/h11-12H,4-7H2,1-3H3,(H2,10,13). The average Bonchev–Trinajstić information content (AvgIpc) is 2.00. The van der Waals surface area contributed by atoms with Gasteiger partial charge in [-0.05, 0) is 20.8 Å². The Labute approximate surface area is 85.4 Å². The maximum absolute atomic E-state index is 10.2. The van der Waals surface area contributed by atoms with Gasteiger partial charge in [-0.15, -0.1) is 0 Å². The van der Waals surface area contributed by atoms with Crippen LogP contribution in [0.4, 0.5) is 4.79 Å². The number of primary amides is 1. The van der Waals surface area contributed by atoms with E-state index in [0.29, 0.717) is 13.2 Å². The van der Waals surface area contributed by atoms with Crippen molar-refractivity contribution in [2.45, 2.75) is 26.3 Å². The van der Waals surface area contributed by atoms with E-state index in [4.69, 9.17) is 5.73 Å². The lowest BCUT2D eigenvalue weighted by molar-refractivity contribution is 0.157. The van der Waals surface area contributed by atoms with Gasteiger partial charge in [-0.3, -0.25) is 0 Å². The van der Waals surface area contributed by atoms with Crippen molar-refractivity contribution < 1.29 is 9.53 Å². The molecule has 0 radical (unpaired) electrons. The van der Waals surface area contributed by atoms with Gasteiger partial charge in [-0.25, -0.2) is 4.79 Å². The molecule has 1 amide bonds. The number of carbonyl (C=O) groups is 1. The van der Waals surface area contributed by atoms with Gasteiger partial charge in [0.1, 0.15) is 6.61 Å². The summed E-state index contributed by atoms with van der Waals surface area (Å²) in [6.45, 7) is 9.04. The lowest BCUT2D eigenvalue weighted by Crippen LogP contribution is -2.40. The number of hydrogen-bond acceptors (Lipinski definition) is 4. The first-order chi connectivity index (χ1) is 6.42. The molecule has 0 aromatic heterocycles. The fourth-order valence-corrected chi connectivity index (χ4v) is 0.875. The molecule has 0 fully saturated rings. The molecular formula is C9H21N3O2. The Morgan fingerprint density at radius 1 is 1.29 bits per heavy atom. The van der Waals surface area contributed by atoms with Crippen molar-refractivity contribution in [1.29, 1.82) is 0 Å². The summed E-state index contributed by atoms with van der Waals surface area (Å²) in [5.41, 5.74) is 4.93. The third kappa shape index (κ3) is 11.2. The Morgan fingerprint density at radius 3 is 2.43 bits per heavy atom. The third-order valence-electron chi connectivity index (χ3n) is 1.48. The minimum atomic E-state index is -0.723. The van der Waals surface area contributed by atoms with Crippen molar-refractivity contribution in [3.63, 3.8) is 0 Å². The molecule has 5 heteroatoms. The van der Waals surface area contributed by atoms with Crippen molar-refractivity contribution >= 4 is 6.09 Å². The topological polar surface area (TPSA) is 76.4 Å². The predicted molar refractivity (Wildman–Crippen MR) is 56.2 cm³/mol. The molecule has 14 heavy (non-hydrogen) atoms. The highest BCUT2D eigenvalue weighted by molar-refractivity contribution is 5.64. The van der Waals surface area contributed by atoms with Gasteiger partial charge in [0.05, 0.1) is 0 Å². The lowest BCUT2D eigenvalue weighted by atomic mass is 10.1. The molecule has 0 spiro atoms. The summed E-state index contributed by atoms with van der Waals surface area (Å²) < 4.78 is 4.55. The zero-order chi connectivity index (χ0) is 11.0. The van der Waals surface area contributed by atoms with Gasteiger partial charge in [0.2, 0.25) is 0 Å². The van der Waals surface area contributed by atoms with E-state index in [0.717, 1.165) is 13.1 Å². The molecule has 0 bridgehead atoms. The molecule has 0 aliphatic carbocycles. The molecule has 0 aliphatic heterocycles. The molecule has 0 unspecified atom stereocenters. The number of nitrogens with two attached hydrogens (primary N) is 1. The first kappa shape index (κ1) is 13.2. The molecule has 0 aliphatic rings. The monoisotopic (exact) mass is 203 g/mol. The summed E-state index contributed by atoms with van der Waals surface area (Å²) in [5.74, 6) is 0. The molecule has 0 aromatic rings.